The molecule has 0 saturated carbocycles. The van der Waals surface area contributed by atoms with Crippen molar-refractivity contribution in [2.24, 2.45) is 5.73 Å². The van der Waals surface area contributed by atoms with Gasteiger partial charge >= 0.3 is 0 Å². The summed E-state index contributed by atoms with van der Waals surface area (Å²) in [6, 6.07) is 12.1. The fourth-order valence-electron chi connectivity index (χ4n) is 2.09. The highest BCUT2D eigenvalue weighted by Gasteiger charge is 2.17. The van der Waals surface area contributed by atoms with Crippen molar-refractivity contribution in [1.29, 1.82) is 0 Å². The molecule has 2 N–H and O–H groups in total. The maximum Gasteiger partial charge on any atom is 0.123 e. The summed E-state index contributed by atoms with van der Waals surface area (Å²) in [4.78, 5) is 2.01. The Kier molecular flexibility index (Phi) is 5.02. The van der Waals surface area contributed by atoms with Crippen LogP contribution >= 0.6 is 27.5 Å². The first kappa shape index (κ1) is 15.3. The van der Waals surface area contributed by atoms with Crippen molar-refractivity contribution in [3.8, 4) is 0 Å². The van der Waals surface area contributed by atoms with Crippen molar-refractivity contribution >= 4 is 33.2 Å². The minimum atomic E-state index is -0.252. The third-order valence-electron chi connectivity index (χ3n) is 3.25. The first-order valence-electron chi connectivity index (χ1n) is 6.16. The highest BCUT2D eigenvalue weighted by Crippen LogP contribution is 2.30. The lowest BCUT2D eigenvalue weighted by molar-refractivity contribution is 0.626. The van der Waals surface area contributed by atoms with Gasteiger partial charge in [0.2, 0.25) is 0 Å². The Bertz CT molecular complexity index is 589. The molecule has 2 aromatic carbocycles. The molecule has 2 rings (SSSR count). The molecular formula is C15H15BrClFN2. The van der Waals surface area contributed by atoms with E-state index in [9.17, 15) is 4.39 Å². The number of hydrogen-bond donors (Lipinski definition) is 1. The van der Waals surface area contributed by atoms with Crippen LogP contribution in [-0.2, 0) is 0 Å². The molecule has 0 amide bonds. The lowest BCUT2D eigenvalue weighted by Gasteiger charge is -2.29. The van der Waals surface area contributed by atoms with E-state index in [1.807, 2.05) is 30.1 Å². The second-order valence-electron chi connectivity index (χ2n) is 4.51. The van der Waals surface area contributed by atoms with Crippen LogP contribution in [0.4, 0.5) is 10.1 Å². The minimum absolute atomic E-state index is 0.0222. The number of benzene rings is 2. The Morgan fingerprint density at radius 2 is 1.90 bits per heavy atom. The van der Waals surface area contributed by atoms with Crippen molar-refractivity contribution < 1.29 is 4.39 Å². The minimum Gasteiger partial charge on any atom is -0.366 e. The predicted octanol–water partition coefficient (Wildman–Crippen LogP) is 4.38. The molecule has 0 aliphatic carbocycles. The molecule has 0 heterocycles. The summed E-state index contributed by atoms with van der Waals surface area (Å²) >= 11 is 9.50. The van der Waals surface area contributed by atoms with Gasteiger partial charge in [-0.25, -0.2) is 4.39 Å². The normalized spacial score (nSPS) is 12.2. The average Bonchev–Trinajstić information content (AvgIpc) is 2.44. The Morgan fingerprint density at radius 3 is 2.45 bits per heavy atom. The molecule has 2 nitrogen and oxygen atoms in total. The molecule has 0 aromatic heterocycles. The standard InChI is InChI=1S/C15H15BrClFN2/c1-20(12-5-3-11(18)4-6-12)15(9-19)10-2-7-13(16)14(17)8-10/h2-8,15H,9,19H2,1H3. The third kappa shape index (κ3) is 3.32. The molecule has 0 aliphatic rings. The molecule has 0 fully saturated rings. The van der Waals surface area contributed by atoms with Gasteiger partial charge < -0.3 is 10.6 Å². The van der Waals surface area contributed by atoms with Crippen LogP contribution in [0.1, 0.15) is 11.6 Å². The zero-order chi connectivity index (χ0) is 14.7. The summed E-state index contributed by atoms with van der Waals surface area (Å²) in [7, 11) is 1.93. The predicted molar refractivity (Wildman–Crippen MR) is 85.8 cm³/mol. The zero-order valence-corrected chi connectivity index (χ0v) is 13.3. The quantitative estimate of drug-likeness (QED) is 0.880. The lowest BCUT2D eigenvalue weighted by atomic mass is 10.1. The fraction of sp³-hybridized carbons (Fsp3) is 0.200. The van der Waals surface area contributed by atoms with Gasteiger partial charge in [-0.15, -0.1) is 0 Å². The van der Waals surface area contributed by atoms with Crippen molar-refractivity contribution in [2.75, 3.05) is 18.5 Å². The van der Waals surface area contributed by atoms with E-state index in [0.29, 0.717) is 11.6 Å². The van der Waals surface area contributed by atoms with Crippen LogP contribution in [0.25, 0.3) is 0 Å². The van der Waals surface area contributed by atoms with E-state index >= 15 is 0 Å². The SMILES string of the molecule is CN(c1ccc(F)cc1)C(CN)c1ccc(Br)c(Cl)c1. The second kappa shape index (κ2) is 6.57. The molecule has 106 valence electrons. The van der Waals surface area contributed by atoms with Crippen LogP contribution in [0, 0.1) is 5.82 Å². The largest absolute Gasteiger partial charge is 0.366 e. The molecule has 0 spiro atoms. The molecule has 1 atom stereocenters. The highest BCUT2D eigenvalue weighted by molar-refractivity contribution is 9.10. The topological polar surface area (TPSA) is 29.3 Å². The summed E-state index contributed by atoms with van der Waals surface area (Å²) < 4.78 is 13.8. The molecular weight excluding hydrogens is 343 g/mol. The van der Waals surface area contributed by atoms with Gasteiger partial charge in [0, 0.05) is 23.8 Å². The fourth-order valence-corrected chi connectivity index (χ4v) is 2.53. The summed E-state index contributed by atoms with van der Waals surface area (Å²) in [6.45, 7) is 0.436. The Morgan fingerprint density at radius 1 is 1.25 bits per heavy atom. The van der Waals surface area contributed by atoms with Crippen LogP contribution in [-0.4, -0.2) is 13.6 Å². The number of nitrogens with two attached hydrogens (primary N) is 1. The van der Waals surface area contributed by atoms with Gasteiger partial charge in [0.15, 0.2) is 0 Å². The number of hydrogen-bond acceptors (Lipinski definition) is 2. The molecule has 0 saturated heterocycles. The van der Waals surface area contributed by atoms with E-state index in [4.69, 9.17) is 17.3 Å². The van der Waals surface area contributed by atoms with Gasteiger partial charge in [0.1, 0.15) is 5.82 Å². The van der Waals surface area contributed by atoms with Gasteiger partial charge in [-0.1, -0.05) is 17.7 Å². The smallest absolute Gasteiger partial charge is 0.123 e. The molecule has 5 heteroatoms. The van der Waals surface area contributed by atoms with E-state index in [1.54, 1.807) is 12.1 Å². The summed E-state index contributed by atoms with van der Waals surface area (Å²) in [5.41, 5.74) is 7.81. The number of likely N-dealkylation sites (N-methyl/N-ethyl adjacent to an activating group) is 1. The first-order chi connectivity index (χ1) is 9.52. The van der Waals surface area contributed by atoms with Crippen molar-refractivity contribution in [1.82, 2.24) is 0 Å². The average molecular weight is 358 g/mol. The first-order valence-corrected chi connectivity index (χ1v) is 7.33. The van der Waals surface area contributed by atoms with E-state index in [0.717, 1.165) is 15.7 Å². The zero-order valence-electron chi connectivity index (χ0n) is 11.0. The van der Waals surface area contributed by atoms with E-state index in [1.165, 1.54) is 12.1 Å². The Balaban J connectivity index is 2.31. The van der Waals surface area contributed by atoms with Crippen molar-refractivity contribution in [2.45, 2.75) is 6.04 Å². The van der Waals surface area contributed by atoms with Crippen molar-refractivity contribution in [3.63, 3.8) is 0 Å². The van der Waals surface area contributed by atoms with Gasteiger partial charge in [-0.05, 0) is 57.9 Å². The number of halogens is 3. The van der Waals surface area contributed by atoms with Gasteiger partial charge in [-0.3, -0.25) is 0 Å². The Hall–Kier alpha value is -1.10. The van der Waals surface area contributed by atoms with Crippen LogP contribution in [0.3, 0.4) is 0 Å². The number of nitrogens with zero attached hydrogens (tertiary/aromatic N) is 1. The number of anilines is 1. The van der Waals surface area contributed by atoms with Crippen LogP contribution in [0.2, 0.25) is 5.02 Å². The number of rotatable bonds is 4. The molecule has 0 bridgehead atoms. The molecule has 0 radical (unpaired) electrons. The molecule has 1 unspecified atom stereocenters. The molecule has 2 aromatic rings. The summed E-state index contributed by atoms with van der Waals surface area (Å²) in [6.07, 6.45) is 0. The van der Waals surface area contributed by atoms with E-state index in [-0.39, 0.29) is 11.9 Å². The monoisotopic (exact) mass is 356 g/mol. The van der Waals surface area contributed by atoms with Gasteiger partial charge in [0.25, 0.3) is 0 Å². The highest BCUT2D eigenvalue weighted by atomic mass is 79.9. The van der Waals surface area contributed by atoms with Gasteiger partial charge in [0.05, 0.1) is 11.1 Å². The summed E-state index contributed by atoms with van der Waals surface area (Å²) in [5, 5.41) is 0.647. The maximum absolute atomic E-state index is 13.0. The Labute approximate surface area is 131 Å². The molecule has 20 heavy (non-hydrogen) atoms. The van der Waals surface area contributed by atoms with Gasteiger partial charge in [-0.2, -0.15) is 0 Å². The molecule has 0 aliphatic heterocycles. The third-order valence-corrected chi connectivity index (χ3v) is 4.49. The van der Waals surface area contributed by atoms with Crippen LogP contribution in [0.15, 0.2) is 46.9 Å². The second-order valence-corrected chi connectivity index (χ2v) is 5.77. The van der Waals surface area contributed by atoms with Crippen molar-refractivity contribution in [3.05, 3.63) is 63.3 Å². The van der Waals surface area contributed by atoms with Crippen LogP contribution < -0.4 is 10.6 Å². The van der Waals surface area contributed by atoms with Crippen LogP contribution in [0.5, 0.6) is 0 Å². The lowest BCUT2D eigenvalue weighted by Crippen LogP contribution is -2.30. The maximum atomic E-state index is 13.0. The van der Waals surface area contributed by atoms with E-state index < -0.39 is 0 Å². The summed E-state index contributed by atoms with van der Waals surface area (Å²) in [5.74, 6) is -0.252. The van der Waals surface area contributed by atoms with E-state index in [2.05, 4.69) is 15.9 Å².